The monoisotopic (exact) mass is 1480 g/mol. The Morgan fingerprint density at radius 3 is 1.07 bits per heavy atom. The zero-order valence-electron chi connectivity index (χ0n) is 63.8. The van der Waals surface area contributed by atoms with Crippen molar-refractivity contribution in [3.63, 3.8) is 0 Å². The fourth-order valence-corrected chi connectivity index (χ4v) is 23.1. The van der Waals surface area contributed by atoms with Gasteiger partial charge in [-0.3, -0.25) is 12.9 Å². The molecule has 4 aromatic heterocycles. The SMILES string of the molecule is CSN1c2cc3c(cc2B2c4cc(C)ccc4Oc4cc(-n5c6ccc(C)cc6c6cc(C)ccc65)cc1c42)B1c2cc4c(cc2N(SC)c2cc(-n5c6ccc(C)cc6c6cc(C)ccc65)cc(c21)N3SC)Nc1cc(-n2c3ccc(C)cc3c3cc(C)ccc32)cc2c1B4c1cc(C)cc3c4cc(C)ccc4n-2c13. The molecule has 0 aliphatic carbocycles. The standard InChI is InChI=1S/C96H73B3N8OS3/c1-49-13-21-77-61(29-49)62-30-50(2)14-22-78(62)101(77)58-39-76-93-87(40-58)104-83-27-19-55(7)35-67(83)68-36-57(9)38-74(96(68)104)97(93)69-45-70-84(47-75(69)100-76)105(109-10)88-41-59(102-79-23-15-51(3)31-63(79)64-32-52(4)16-24-80(64)102)42-89-94(88)98(70)71-46-72-86(48-85(71)106(89)110-11)107(111-12)90-43-60(44-92-95(90)99(72)73-37-56(8)20-28-91(73)108-92)103-81-25-17-53(5)33-65(81)66-34-54(6)18-26-82(66)103/h13-48,100H,1-12H3. The maximum Gasteiger partial charge on any atom is 0.256 e. The van der Waals surface area contributed by atoms with Gasteiger partial charge in [0.1, 0.15) is 11.5 Å². The van der Waals surface area contributed by atoms with Crippen LogP contribution in [-0.2, 0) is 0 Å². The molecule has 0 amide bonds. The molecule has 0 fully saturated rings. The lowest BCUT2D eigenvalue weighted by Crippen LogP contribution is -2.66. The highest BCUT2D eigenvalue weighted by atomic mass is 32.2. The van der Waals surface area contributed by atoms with Gasteiger partial charge in [0, 0.05) is 108 Å². The van der Waals surface area contributed by atoms with E-state index in [0.717, 1.165) is 45.6 Å². The molecular weight excluding hydrogens is 1410 g/mol. The van der Waals surface area contributed by atoms with Gasteiger partial charge in [0.15, 0.2) is 0 Å². The number of aryl methyl sites for hydroxylation is 9. The van der Waals surface area contributed by atoms with Crippen molar-refractivity contribution in [2.75, 3.05) is 37.0 Å². The summed E-state index contributed by atoms with van der Waals surface area (Å²) in [6.45, 7) is 19.6. The van der Waals surface area contributed by atoms with Gasteiger partial charge in [-0.1, -0.05) is 123 Å². The lowest BCUT2D eigenvalue weighted by atomic mass is 9.29. The third-order valence-corrected chi connectivity index (χ3v) is 27.7. The molecule has 14 aromatic carbocycles. The van der Waals surface area contributed by atoms with Crippen molar-refractivity contribution in [3.8, 4) is 34.2 Å². The van der Waals surface area contributed by atoms with Gasteiger partial charge in [0.25, 0.3) is 20.1 Å². The van der Waals surface area contributed by atoms with Gasteiger partial charge in [0.2, 0.25) is 0 Å². The predicted molar refractivity (Wildman–Crippen MR) is 483 cm³/mol. The Hall–Kier alpha value is -11.5. The molecule has 9 nitrogen and oxygen atoms in total. The van der Waals surface area contributed by atoms with E-state index in [1.807, 2.05) is 0 Å². The Kier molecular flexibility index (Phi) is 13.1. The Morgan fingerprint density at radius 2 is 0.604 bits per heavy atom. The third kappa shape index (κ3) is 8.61. The maximum absolute atomic E-state index is 7.40. The molecular formula is C96H73B3N8OS3. The molecule has 530 valence electrons. The van der Waals surface area contributed by atoms with Crippen molar-refractivity contribution in [2.24, 2.45) is 0 Å². The van der Waals surface area contributed by atoms with E-state index < -0.39 is 0 Å². The van der Waals surface area contributed by atoms with Gasteiger partial charge in [-0.2, -0.15) is 0 Å². The van der Waals surface area contributed by atoms with Crippen molar-refractivity contribution in [1.29, 1.82) is 0 Å². The molecule has 111 heavy (non-hydrogen) atoms. The summed E-state index contributed by atoms with van der Waals surface area (Å²) in [6.07, 6.45) is 6.81. The maximum atomic E-state index is 7.40. The summed E-state index contributed by atoms with van der Waals surface area (Å²) >= 11 is 5.39. The summed E-state index contributed by atoms with van der Waals surface area (Å²) < 4.78 is 25.3. The fourth-order valence-electron chi connectivity index (χ4n) is 21.0. The first-order valence-corrected chi connectivity index (χ1v) is 42.2. The number of benzene rings is 14. The molecule has 1 N–H and O–H groups in total. The number of rotatable bonds is 6. The fraction of sp³-hybridized carbons (Fsp3) is 0.125. The van der Waals surface area contributed by atoms with E-state index in [2.05, 4.69) is 336 Å². The second kappa shape index (κ2) is 22.6. The molecule has 0 saturated heterocycles. The molecule has 0 unspecified atom stereocenters. The number of anilines is 8. The van der Waals surface area contributed by atoms with Gasteiger partial charge in [-0.05, 0) is 287 Å². The second-order valence-electron chi connectivity index (χ2n) is 32.4. The van der Waals surface area contributed by atoms with Gasteiger partial charge in [0.05, 0.1) is 72.7 Å². The summed E-state index contributed by atoms with van der Waals surface area (Å²) in [6, 6.07) is 86.0. The summed E-state index contributed by atoms with van der Waals surface area (Å²) in [7, 11) is 0. The molecule has 0 spiro atoms. The zero-order valence-corrected chi connectivity index (χ0v) is 66.2. The van der Waals surface area contributed by atoms with Crippen molar-refractivity contribution in [1.82, 2.24) is 18.3 Å². The minimum atomic E-state index is -0.202. The van der Waals surface area contributed by atoms with Crippen LogP contribution in [0.15, 0.2) is 218 Å². The lowest BCUT2D eigenvalue weighted by molar-refractivity contribution is 0.487. The molecule has 18 aromatic rings. The molecule has 15 heteroatoms. The number of hydrogen-bond donors (Lipinski definition) is 1. The van der Waals surface area contributed by atoms with Crippen molar-refractivity contribution in [3.05, 3.63) is 268 Å². The minimum absolute atomic E-state index is 0.120. The van der Waals surface area contributed by atoms with Crippen LogP contribution in [0, 0.1) is 62.3 Å². The summed E-state index contributed by atoms with van der Waals surface area (Å²) in [5, 5.41) is 14.5. The van der Waals surface area contributed by atoms with Gasteiger partial charge in [-0.25, -0.2) is 0 Å². The van der Waals surface area contributed by atoms with Crippen LogP contribution in [0.3, 0.4) is 0 Å². The molecule has 0 bridgehead atoms. The van der Waals surface area contributed by atoms with E-state index in [1.165, 1.54) is 221 Å². The van der Waals surface area contributed by atoms with Crippen LogP contribution in [0.5, 0.6) is 11.5 Å². The molecule has 0 saturated carbocycles. The first-order chi connectivity index (χ1) is 54.0. The van der Waals surface area contributed by atoms with Crippen LogP contribution < -0.4 is 72.1 Å². The van der Waals surface area contributed by atoms with Crippen LogP contribution in [-0.4, -0.2) is 57.2 Å². The highest BCUT2D eigenvalue weighted by molar-refractivity contribution is 8.01. The average Bonchev–Trinajstić information content (AvgIpc) is 1.67. The van der Waals surface area contributed by atoms with Crippen molar-refractivity contribution < 1.29 is 4.74 Å². The number of nitrogens with zero attached hydrogens (tertiary/aromatic N) is 7. The third-order valence-electron chi connectivity index (χ3n) is 25.4. The molecule has 6 aliphatic heterocycles. The lowest BCUT2D eigenvalue weighted by Gasteiger charge is -2.45. The molecule has 6 aliphatic rings. The highest BCUT2D eigenvalue weighted by Crippen LogP contribution is 2.51. The molecule has 10 heterocycles. The number of aromatic nitrogens is 4. The minimum Gasteiger partial charge on any atom is -0.458 e. The average molecular weight is 1480 g/mol. The van der Waals surface area contributed by atoms with Crippen LogP contribution in [0.4, 0.5) is 45.5 Å². The molecule has 0 atom stereocenters. The first kappa shape index (κ1) is 64.4. The molecule has 24 rings (SSSR count). The van der Waals surface area contributed by atoms with Crippen molar-refractivity contribution >= 4 is 238 Å². The van der Waals surface area contributed by atoms with E-state index >= 15 is 0 Å². The zero-order chi connectivity index (χ0) is 74.5. The van der Waals surface area contributed by atoms with E-state index in [1.54, 1.807) is 35.8 Å². The van der Waals surface area contributed by atoms with Gasteiger partial charge >= 0.3 is 0 Å². The van der Waals surface area contributed by atoms with Crippen LogP contribution in [0.1, 0.15) is 50.1 Å². The van der Waals surface area contributed by atoms with Crippen LogP contribution >= 0.6 is 35.8 Å². The van der Waals surface area contributed by atoms with Gasteiger partial charge < -0.3 is 28.3 Å². The Morgan fingerprint density at radius 1 is 0.252 bits per heavy atom. The highest BCUT2D eigenvalue weighted by Gasteiger charge is 2.50. The Bertz CT molecular complexity index is 7250. The number of fused-ring (bicyclic) bond motifs is 24. The number of nitrogens with one attached hydrogen (secondary N) is 1. The van der Waals surface area contributed by atoms with E-state index in [-0.39, 0.29) is 20.1 Å². The number of hydrogen-bond acceptors (Lipinski definition) is 8. The van der Waals surface area contributed by atoms with Gasteiger partial charge in [-0.15, -0.1) is 0 Å². The normalized spacial score (nSPS) is 13.9. The quantitative estimate of drug-likeness (QED) is 0.131. The van der Waals surface area contributed by atoms with Crippen LogP contribution in [0.2, 0.25) is 0 Å². The second-order valence-corrected chi connectivity index (χ2v) is 34.6. The van der Waals surface area contributed by atoms with Crippen molar-refractivity contribution in [2.45, 2.75) is 62.3 Å². The van der Waals surface area contributed by atoms with E-state index in [4.69, 9.17) is 4.74 Å². The summed E-state index contributed by atoms with van der Waals surface area (Å²) in [5.74, 6) is 1.78. The Labute approximate surface area is 658 Å². The smallest absolute Gasteiger partial charge is 0.256 e. The molecule has 0 radical (unpaired) electrons. The topological polar surface area (TPSA) is 50.7 Å². The largest absolute Gasteiger partial charge is 0.458 e. The number of ether oxygens (including phenoxy) is 1. The first-order valence-electron chi connectivity index (χ1n) is 38.6. The predicted octanol–water partition coefficient (Wildman–Crippen LogP) is 19.1. The summed E-state index contributed by atoms with van der Waals surface area (Å²) in [4.78, 5) is 0. The summed E-state index contributed by atoms with van der Waals surface area (Å²) in [5.41, 5.74) is 46.2. The Balaban J connectivity index is 0.784. The van der Waals surface area contributed by atoms with E-state index in [9.17, 15) is 0 Å². The van der Waals surface area contributed by atoms with Crippen LogP contribution in [0.25, 0.3) is 110 Å². The van der Waals surface area contributed by atoms with E-state index in [0.29, 0.717) is 0 Å².